The van der Waals surface area contributed by atoms with Gasteiger partial charge < -0.3 is 19.5 Å². The van der Waals surface area contributed by atoms with Crippen molar-refractivity contribution >= 4 is 51.7 Å². The predicted molar refractivity (Wildman–Crippen MR) is 142 cm³/mol. The molecule has 36 heavy (non-hydrogen) atoms. The van der Waals surface area contributed by atoms with Crippen LogP contribution in [0.5, 0.6) is 11.5 Å². The van der Waals surface area contributed by atoms with Crippen molar-refractivity contribution in [1.29, 1.82) is 0 Å². The third-order valence-electron chi connectivity index (χ3n) is 5.75. The Morgan fingerprint density at radius 3 is 2.89 bits per heavy atom. The Morgan fingerprint density at radius 2 is 2.06 bits per heavy atom. The first-order valence-electron chi connectivity index (χ1n) is 11.3. The minimum Gasteiger partial charge on any atom is -0.454 e. The fourth-order valence-corrected chi connectivity index (χ4v) is 5.17. The minimum absolute atomic E-state index is 0.180. The third-order valence-corrected chi connectivity index (χ3v) is 7.13. The van der Waals surface area contributed by atoms with E-state index < -0.39 is 0 Å². The van der Waals surface area contributed by atoms with Crippen LogP contribution < -0.4 is 20.3 Å². The van der Waals surface area contributed by atoms with Gasteiger partial charge in [-0.3, -0.25) is 18.9 Å². The summed E-state index contributed by atoms with van der Waals surface area (Å²) in [5.74, 6) is 1.47. The first-order chi connectivity index (χ1) is 17.4. The zero-order chi connectivity index (χ0) is 25.2. The van der Waals surface area contributed by atoms with Gasteiger partial charge >= 0.3 is 0 Å². The van der Waals surface area contributed by atoms with Crippen LogP contribution in [0.4, 0.5) is 5.82 Å². The Kier molecular flexibility index (Phi) is 6.95. The third kappa shape index (κ3) is 4.81. The molecule has 0 atom stereocenters. The fourth-order valence-electron chi connectivity index (χ4n) is 3.94. The minimum atomic E-state index is -0.265. The zero-order valence-corrected chi connectivity index (χ0v) is 21.4. The van der Waals surface area contributed by atoms with Crippen LogP contribution in [-0.2, 0) is 16.1 Å². The van der Waals surface area contributed by atoms with Crippen molar-refractivity contribution < 1.29 is 19.0 Å². The highest BCUT2D eigenvalue weighted by atomic mass is 32.2. The number of pyridine rings is 1. The average Bonchev–Trinajstić information content (AvgIpc) is 3.44. The van der Waals surface area contributed by atoms with E-state index in [0.717, 1.165) is 17.5 Å². The number of hydrogen-bond donors (Lipinski definition) is 1. The molecule has 1 N–H and O–H groups in total. The van der Waals surface area contributed by atoms with Crippen LogP contribution in [0.2, 0.25) is 0 Å². The Labute approximate surface area is 217 Å². The van der Waals surface area contributed by atoms with Gasteiger partial charge in [0.05, 0.1) is 17.0 Å². The smallest absolute Gasteiger partial charge is 0.267 e. The van der Waals surface area contributed by atoms with Crippen LogP contribution in [0.15, 0.2) is 46.2 Å². The standard InChI is InChI=1S/C25H24N4O5S2/c1-15-4-7-21-27-22(26-8-3-9-32-2)17(23(30)28(21)12-15)11-20-24(31)29(25(35)36-20)13-16-5-6-18-19(10-16)34-14-33-18/h4-7,10-12,26H,3,8-9,13-14H2,1-2H3. The van der Waals surface area contributed by atoms with Crippen molar-refractivity contribution in [2.24, 2.45) is 0 Å². The molecule has 1 amide bonds. The Balaban J connectivity index is 1.47. The zero-order valence-electron chi connectivity index (χ0n) is 19.8. The molecule has 5 rings (SSSR count). The van der Waals surface area contributed by atoms with Crippen LogP contribution in [0.1, 0.15) is 23.1 Å². The summed E-state index contributed by atoms with van der Waals surface area (Å²) in [6.45, 7) is 3.51. The van der Waals surface area contributed by atoms with E-state index in [-0.39, 0.29) is 24.8 Å². The normalized spacial score (nSPS) is 15.9. The van der Waals surface area contributed by atoms with Gasteiger partial charge in [0.2, 0.25) is 6.79 Å². The average molecular weight is 525 g/mol. The van der Waals surface area contributed by atoms with Crippen LogP contribution in [0, 0.1) is 6.92 Å². The van der Waals surface area contributed by atoms with E-state index in [4.69, 9.17) is 26.4 Å². The second-order valence-corrected chi connectivity index (χ2v) is 10.0. The van der Waals surface area contributed by atoms with Crippen molar-refractivity contribution in [3.05, 3.63) is 68.5 Å². The van der Waals surface area contributed by atoms with Gasteiger partial charge in [0, 0.05) is 26.5 Å². The molecule has 2 aliphatic heterocycles. The quantitative estimate of drug-likeness (QED) is 0.270. The number of aromatic nitrogens is 2. The largest absolute Gasteiger partial charge is 0.454 e. The van der Waals surface area contributed by atoms with Crippen molar-refractivity contribution in [3.63, 3.8) is 0 Å². The number of methoxy groups -OCH3 is 1. The summed E-state index contributed by atoms with van der Waals surface area (Å²) in [7, 11) is 1.64. The summed E-state index contributed by atoms with van der Waals surface area (Å²) >= 11 is 6.68. The van der Waals surface area contributed by atoms with Crippen LogP contribution in [0.3, 0.4) is 0 Å². The fraction of sp³-hybridized carbons (Fsp3) is 0.280. The Morgan fingerprint density at radius 1 is 1.22 bits per heavy atom. The summed E-state index contributed by atoms with van der Waals surface area (Å²) in [6.07, 6.45) is 4.06. The van der Waals surface area contributed by atoms with Gasteiger partial charge in [-0.1, -0.05) is 36.1 Å². The Bertz CT molecular complexity index is 1450. The van der Waals surface area contributed by atoms with Crippen molar-refractivity contribution in [2.45, 2.75) is 19.9 Å². The number of hydrogen-bond acceptors (Lipinski definition) is 9. The number of amides is 1. The highest BCUT2D eigenvalue weighted by molar-refractivity contribution is 8.26. The number of anilines is 1. The lowest BCUT2D eigenvalue weighted by molar-refractivity contribution is -0.122. The van der Waals surface area contributed by atoms with E-state index in [1.807, 2.05) is 31.2 Å². The SMILES string of the molecule is COCCCNc1nc2ccc(C)cn2c(=O)c1C=C1SC(=S)N(Cc2ccc3c(c2)OCO3)C1=O. The molecule has 0 bridgehead atoms. The predicted octanol–water partition coefficient (Wildman–Crippen LogP) is 3.58. The molecule has 2 aliphatic rings. The molecule has 0 saturated carbocycles. The number of thiocarbonyl (C=S) groups is 1. The number of thioether (sulfide) groups is 1. The Hall–Kier alpha value is -3.41. The first-order valence-corrected chi connectivity index (χ1v) is 12.6. The van der Waals surface area contributed by atoms with Gasteiger partial charge in [0.1, 0.15) is 15.8 Å². The maximum absolute atomic E-state index is 13.5. The second-order valence-electron chi connectivity index (χ2n) is 8.34. The molecular weight excluding hydrogens is 500 g/mol. The van der Waals surface area contributed by atoms with E-state index in [1.165, 1.54) is 21.1 Å². The maximum atomic E-state index is 13.5. The number of nitrogens with zero attached hydrogens (tertiary/aromatic N) is 3. The highest BCUT2D eigenvalue weighted by Gasteiger charge is 2.33. The number of benzene rings is 1. The summed E-state index contributed by atoms with van der Waals surface area (Å²) in [5, 5.41) is 3.23. The molecule has 1 fully saturated rings. The van der Waals surface area contributed by atoms with Crippen molar-refractivity contribution in [2.75, 3.05) is 32.4 Å². The summed E-state index contributed by atoms with van der Waals surface area (Å²) in [6, 6.07) is 9.23. The summed E-state index contributed by atoms with van der Waals surface area (Å²) in [5.41, 5.74) is 2.35. The van der Waals surface area contributed by atoms with Crippen LogP contribution in [0.25, 0.3) is 11.7 Å². The number of carbonyl (C=O) groups is 1. The van der Waals surface area contributed by atoms with Gasteiger partial charge in [0.15, 0.2) is 11.5 Å². The number of rotatable bonds is 8. The van der Waals surface area contributed by atoms with Gasteiger partial charge in [0.25, 0.3) is 11.5 Å². The number of fused-ring (bicyclic) bond motifs is 2. The molecule has 9 nitrogen and oxygen atoms in total. The lowest BCUT2D eigenvalue weighted by atomic mass is 10.2. The molecular formula is C25H24N4O5S2. The molecule has 0 unspecified atom stereocenters. The number of nitrogens with one attached hydrogen (secondary N) is 1. The molecule has 0 spiro atoms. The van der Waals surface area contributed by atoms with E-state index in [1.54, 1.807) is 25.4 Å². The number of ether oxygens (including phenoxy) is 3. The van der Waals surface area contributed by atoms with Gasteiger partial charge in [-0.25, -0.2) is 4.98 Å². The molecule has 2 aromatic heterocycles. The number of carbonyl (C=O) groups excluding carboxylic acids is 1. The lowest BCUT2D eigenvalue weighted by Crippen LogP contribution is -2.27. The first kappa shape index (κ1) is 24.3. The monoisotopic (exact) mass is 524 g/mol. The van der Waals surface area contributed by atoms with E-state index >= 15 is 0 Å². The van der Waals surface area contributed by atoms with Gasteiger partial charge in [-0.15, -0.1) is 0 Å². The molecule has 4 heterocycles. The van der Waals surface area contributed by atoms with Crippen molar-refractivity contribution in [1.82, 2.24) is 14.3 Å². The van der Waals surface area contributed by atoms with Crippen LogP contribution in [-0.4, -0.2) is 51.6 Å². The highest BCUT2D eigenvalue weighted by Crippen LogP contribution is 2.36. The molecule has 11 heteroatoms. The van der Waals surface area contributed by atoms with E-state index in [9.17, 15) is 9.59 Å². The lowest BCUT2D eigenvalue weighted by Gasteiger charge is -2.15. The molecule has 1 saturated heterocycles. The molecule has 186 valence electrons. The van der Waals surface area contributed by atoms with E-state index in [2.05, 4.69) is 10.3 Å². The topological polar surface area (TPSA) is 94.4 Å². The van der Waals surface area contributed by atoms with E-state index in [0.29, 0.717) is 50.9 Å². The molecule has 0 radical (unpaired) electrons. The second kappa shape index (κ2) is 10.3. The van der Waals surface area contributed by atoms with Crippen LogP contribution >= 0.6 is 24.0 Å². The molecule has 0 aliphatic carbocycles. The maximum Gasteiger partial charge on any atom is 0.267 e. The molecule has 3 aromatic rings. The van der Waals surface area contributed by atoms with Crippen molar-refractivity contribution in [3.8, 4) is 11.5 Å². The number of aryl methyl sites for hydroxylation is 1. The molecule has 1 aromatic carbocycles. The summed E-state index contributed by atoms with van der Waals surface area (Å²) < 4.78 is 17.8. The summed E-state index contributed by atoms with van der Waals surface area (Å²) in [4.78, 5) is 33.3. The van der Waals surface area contributed by atoms with Gasteiger partial charge in [-0.2, -0.15) is 0 Å². The van der Waals surface area contributed by atoms with Gasteiger partial charge in [-0.05, 0) is 48.7 Å².